The van der Waals surface area contributed by atoms with Crippen molar-refractivity contribution in [2.24, 2.45) is 0 Å². The Kier molecular flexibility index (Phi) is 4.90. The lowest BCUT2D eigenvalue weighted by Crippen LogP contribution is -2.19. The molecule has 0 aromatic heterocycles. The van der Waals surface area contributed by atoms with Crippen LogP contribution in [-0.2, 0) is 6.42 Å². The highest BCUT2D eigenvalue weighted by molar-refractivity contribution is 9.10. The maximum absolute atomic E-state index is 13.6. The van der Waals surface area contributed by atoms with Crippen LogP contribution >= 0.6 is 15.9 Å². The van der Waals surface area contributed by atoms with Gasteiger partial charge in [-0.25, -0.2) is 4.39 Å². The Morgan fingerprint density at radius 1 is 1.33 bits per heavy atom. The van der Waals surface area contributed by atoms with E-state index < -0.39 is 10.7 Å². The predicted octanol–water partition coefficient (Wildman–Crippen LogP) is 4.54. The molecule has 1 unspecified atom stereocenters. The van der Waals surface area contributed by atoms with E-state index in [1.165, 1.54) is 6.07 Å². The Morgan fingerprint density at radius 3 is 2.62 bits per heavy atom. The average molecular weight is 353 g/mol. The number of benzene rings is 2. The third-order valence-electron chi connectivity index (χ3n) is 3.02. The standard InChI is InChI=1S/C15H14BrFN2O2/c1-10(7-11-5-3-2-4-6-11)18-14-9-13(17)12(16)8-15(14)19(20)21/h2-6,8-10,18H,7H2,1H3. The molecule has 0 spiro atoms. The van der Waals surface area contributed by atoms with Crippen molar-refractivity contribution in [3.05, 3.63) is 68.4 Å². The van der Waals surface area contributed by atoms with E-state index in [1.54, 1.807) is 0 Å². The number of hydrogen-bond donors (Lipinski definition) is 1. The van der Waals surface area contributed by atoms with Crippen LogP contribution in [0.4, 0.5) is 15.8 Å². The van der Waals surface area contributed by atoms with Gasteiger partial charge in [0.1, 0.15) is 11.5 Å². The highest BCUT2D eigenvalue weighted by atomic mass is 79.9. The van der Waals surface area contributed by atoms with Crippen LogP contribution in [0.5, 0.6) is 0 Å². The Hall–Kier alpha value is -1.95. The van der Waals surface area contributed by atoms with Gasteiger partial charge in [-0.05, 0) is 34.8 Å². The first-order chi connectivity index (χ1) is 9.97. The first kappa shape index (κ1) is 15.4. The molecule has 0 fully saturated rings. The molecule has 4 nitrogen and oxygen atoms in total. The van der Waals surface area contributed by atoms with Gasteiger partial charge in [0.2, 0.25) is 0 Å². The predicted molar refractivity (Wildman–Crippen MR) is 84.0 cm³/mol. The highest BCUT2D eigenvalue weighted by Gasteiger charge is 2.19. The molecule has 0 aliphatic rings. The zero-order valence-corrected chi connectivity index (χ0v) is 12.9. The smallest absolute Gasteiger partial charge is 0.293 e. The minimum Gasteiger partial charge on any atom is -0.377 e. The lowest BCUT2D eigenvalue weighted by molar-refractivity contribution is -0.384. The molecule has 0 saturated heterocycles. The van der Waals surface area contributed by atoms with Crippen molar-refractivity contribution >= 4 is 27.3 Å². The van der Waals surface area contributed by atoms with Crippen molar-refractivity contribution in [1.29, 1.82) is 0 Å². The van der Waals surface area contributed by atoms with Crippen molar-refractivity contribution in [2.75, 3.05) is 5.32 Å². The number of anilines is 1. The third kappa shape index (κ3) is 4.01. The van der Waals surface area contributed by atoms with Gasteiger partial charge in [-0.2, -0.15) is 0 Å². The number of hydrogen-bond acceptors (Lipinski definition) is 3. The molecule has 2 aromatic carbocycles. The molecule has 110 valence electrons. The van der Waals surface area contributed by atoms with E-state index in [-0.39, 0.29) is 21.9 Å². The summed E-state index contributed by atoms with van der Waals surface area (Å²) >= 11 is 2.96. The summed E-state index contributed by atoms with van der Waals surface area (Å²) in [7, 11) is 0. The maximum atomic E-state index is 13.6. The van der Waals surface area contributed by atoms with Crippen LogP contribution in [0.15, 0.2) is 46.9 Å². The van der Waals surface area contributed by atoms with Crippen LogP contribution in [0.3, 0.4) is 0 Å². The van der Waals surface area contributed by atoms with Gasteiger partial charge in [0.25, 0.3) is 5.69 Å². The van der Waals surface area contributed by atoms with Crippen molar-refractivity contribution in [2.45, 2.75) is 19.4 Å². The molecule has 2 rings (SSSR count). The van der Waals surface area contributed by atoms with E-state index >= 15 is 0 Å². The average Bonchev–Trinajstić information content (AvgIpc) is 2.43. The van der Waals surface area contributed by atoms with Crippen LogP contribution in [-0.4, -0.2) is 11.0 Å². The van der Waals surface area contributed by atoms with Crippen molar-refractivity contribution in [3.8, 4) is 0 Å². The molecular formula is C15H14BrFN2O2. The molecule has 0 amide bonds. The first-order valence-corrected chi connectivity index (χ1v) is 7.20. The Balaban J connectivity index is 2.18. The van der Waals surface area contributed by atoms with Crippen LogP contribution < -0.4 is 5.32 Å². The third-order valence-corrected chi connectivity index (χ3v) is 3.63. The topological polar surface area (TPSA) is 55.2 Å². The zero-order chi connectivity index (χ0) is 15.4. The summed E-state index contributed by atoms with van der Waals surface area (Å²) in [5, 5.41) is 14.1. The molecule has 0 heterocycles. The second kappa shape index (κ2) is 6.67. The van der Waals surface area contributed by atoms with Crippen LogP contribution in [0.2, 0.25) is 0 Å². The summed E-state index contributed by atoms with van der Waals surface area (Å²) in [6.45, 7) is 1.90. The van der Waals surface area contributed by atoms with Gasteiger partial charge in [-0.1, -0.05) is 30.3 Å². The quantitative estimate of drug-likeness (QED) is 0.634. The van der Waals surface area contributed by atoms with Crippen LogP contribution in [0, 0.1) is 15.9 Å². The molecular weight excluding hydrogens is 339 g/mol. The lowest BCUT2D eigenvalue weighted by atomic mass is 10.1. The molecule has 21 heavy (non-hydrogen) atoms. The van der Waals surface area contributed by atoms with E-state index in [9.17, 15) is 14.5 Å². The summed E-state index contributed by atoms with van der Waals surface area (Å²) in [6.07, 6.45) is 0.690. The normalized spacial score (nSPS) is 12.0. The summed E-state index contributed by atoms with van der Waals surface area (Å²) in [4.78, 5) is 10.5. The minimum absolute atomic E-state index is 0.0633. The van der Waals surface area contributed by atoms with Crippen LogP contribution in [0.25, 0.3) is 0 Å². The fraction of sp³-hybridized carbons (Fsp3) is 0.200. The number of nitrogens with one attached hydrogen (secondary N) is 1. The Bertz CT molecular complexity index is 650. The largest absolute Gasteiger partial charge is 0.377 e. The van der Waals surface area contributed by atoms with Gasteiger partial charge in [-0.15, -0.1) is 0 Å². The zero-order valence-electron chi connectivity index (χ0n) is 11.3. The lowest BCUT2D eigenvalue weighted by Gasteiger charge is -2.15. The Morgan fingerprint density at radius 2 is 2.00 bits per heavy atom. The first-order valence-electron chi connectivity index (χ1n) is 6.41. The molecule has 1 atom stereocenters. The van der Waals surface area contributed by atoms with Gasteiger partial charge >= 0.3 is 0 Å². The Labute approximate surface area is 130 Å². The number of nitro benzene ring substituents is 1. The molecule has 0 aliphatic heterocycles. The monoisotopic (exact) mass is 352 g/mol. The summed E-state index contributed by atoms with van der Waals surface area (Å²) in [5.74, 6) is -0.532. The van der Waals surface area contributed by atoms with Crippen molar-refractivity contribution in [3.63, 3.8) is 0 Å². The maximum Gasteiger partial charge on any atom is 0.293 e. The second-order valence-electron chi connectivity index (χ2n) is 4.78. The number of nitrogens with zero attached hydrogens (tertiary/aromatic N) is 1. The number of halogens is 2. The molecule has 0 saturated carbocycles. The van der Waals surface area contributed by atoms with Gasteiger partial charge in [-0.3, -0.25) is 10.1 Å². The molecule has 2 aromatic rings. The molecule has 0 radical (unpaired) electrons. The fourth-order valence-corrected chi connectivity index (χ4v) is 2.42. The minimum atomic E-state index is -0.532. The molecule has 1 N–H and O–H groups in total. The van der Waals surface area contributed by atoms with Crippen LogP contribution in [0.1, 0.15) is 12.5 Å². The summed E-state index contributed by atoms with van der Waals surface area (Å²) in [5.41, 5.74) is 1.14. The molecule has 6 heteroatoms. The van der Waals surface area contributed by atoms with E-state index in [4.69, 9.17) is 0 Å². The SMILES string of the molecule is CC(Cc1ccccc1)Nc1cc(F)c(Br)cc1[N+](=O)[O-]. The second-order valence-corrected chi connectivity index (χ2v) is 5.63. The van der Waals surface area contributed by atoms with E-state index in [2.05, 4.69) is 21.2 Å². The molecule has 0 bridgehead atoms. The fourth-order valence-electron chi connectivity index (χ4n) is 2.09. The van der Waals surface area contributed by atoms with Gasteiger partial charge in [0.15, 0.2) is 0 Å². The number of nitro groups is 1. The van der Waals surface area contributed by atoms with E-state index in [1.807, 2.05) is 37.3 Å². The van der Waals surface area contributed by atoms with Gasteiger partial charge in [0.05, 0.1) is 9.40 Å². The summed E-state index contributed by atoms with van der Waals surface area (Å²) in [6, 6.07) is 12.0. The highest BCUT2D eigenvalue weighted by Crippen LogP contribution is 2.31. The summed E-state index contributed by atoms with van der Waals surface area (Å²) < 4.78 is 13.7. The van der Waals surface area contributed by atoms with E-state index in [0.29, 0.717) is 6.42 Å². The van der Waals surface area contributed by atoms with Gasteiger partial charge < -0.3 is 5.32 Å². The number of rotatable bonds is 5. The molecule has 0 aliphatic carbocycles. The van der Waals surface area contributed by atoms with Crippen molar-refractivity contribution < 1.29 is 9.31 Å². The van der Waals surface area contributed by atoms with Gasteiger partial charge in [0, 0.05) is 18.2 Å². The van der Waals surface area contributed by atoms with Crippen molar-refractivity contribution in [1.82, 2.24) is 0 Å². The van der Waals surface area contributed by atoms with E-state index in [0.717, 1.165) is 11.6 Å².